The lowest BCUT2D eigenvalue weighted by Gasteiger charge is -2.57. The monoisotopic (exact) mass is 452 g/mol. The molecule has 7 rings (SSSR count). The number of H-pyrrole nitrogens is 1. The number of carbonyl (C=O) groups excluding carboxylic acids is 2. The summed E-state index contributed by atoms with van der Waals surface area (Å²) in [4.78, 5) is 32.4. The van der Waals surface area contributed by atoms with E-state index in [0.717, 1.165) is 48.7 Å². The van der Waals surface area contributed by atoms with Crippen LogP contribution in [0.3, 0.4) is 0 Å². The fourth-order valence-electron chi connectivity index (χ4n) is 6.80. The Kier molecular flexibility index (Phi) is 4.70. The number of rotatable bonds is 5. The number of aromatic amines is 1. The zero-order valence-corrected chi connectivity index (χ0v) is 18.5. The largest absolute Gasteiger partial charge is 0.390 e. The minimum Gasteiger partial charge on any atom is -0.390 e. The van der Waals surface area contributed by atoms with E-state index in [1.807, 2.05) is 16.9 Å². The molecular formula is C23H28N6O4. The topological polar surface area (TPSA) is 134 Å². The van der Waals surface area contributed by atoms with Gasteiger partial charge in [-0.05, 0) is 55.9 Å². The van der Waals surface area contributed by atoms with Gasteiger partial charge in [0.25, 0.3) is 0 Å². The number of hydrogen-bond acceptors (Lipinski definition) is 6. The van der Waals surface area contributed by atoms with Crippen LogP contribution in [0.15, 0.2) is 18.5 Å². The molecule has 3 aromatic rings. The number of methoxy groups -OCH3 is 1. The molecule has 2 amide bonds. The average Bonchev–Trinajstić information content (AvgIpc) is 3.37. The van der Waals surface area contributed by atoms with Crippen LogP contribution in [0, 0.1) is 17.8 Å². The maximum Gasteiger partial charge on any atom is 0.314 e. The first-order valence-corrected chi connectivity index (χ1v) is 11.6. The van der Waals surface area contributed by atoms with Gasteiger partial charge < -0.3 is 25.5 Å². The van der Waals surface area contributed by atoms with E-state index in [2.05, 4.69) is 20.6 Å². The van der Waals surface area contributed by atoms with E-state index >= 15 is 0 Å². The van der Waals surface area contributed by atoms with Crippen molar-refractivity contribution in [3.8, 4) is 0 Å². The van der Waals surface area contributed by atoms with Crippen LogP contribution in [0.1, 0.15) is 38.1 Å². The molecule has 4 fully saturated rings. The summed E-state index contributed by atoms with van der Waals surface area (Å²) in [6.07, 6.45) is 8.22. The molecular weight excluding hydrogens is 424 g/mol. The Bertz CT molecular complexity index is 1230. The van der Waals surface area contributed by atoms with Crippen LogP contribution in [-0.4, -0.2) is 62.5 Å². The molecule has 4 saturated carbocycles. The zero-order valence-electron chi connectivity index (χ0n) is 18.5. The Morgan fingerprint density at radius 1 is 1.24 bits per heavy atom. The Labute approximate surface area is 190 Å². The maximum absolute atomic E-state index is 12.6. The molecule has 33 heavy (non-hydrogen) atoms. The van der Waals surface area contributed by atoms with Crippen molar-refractivity contribution < 1.29 is 19.4 Å². The molecule has 0 spiro atoms. The maximum atomic E-state index is 12.6. The van der Waals surface area contributed by atoms with Gasteiger partial charge in [-0.1, -0.05) is 0 Å². The Balaban J connectivity index is 1.39. The first-order chi connectivity index (χ1) is 16.0. The molecule has 0 aliphatic heterocycles. The Morgan fingerprint density at radius 2 is 2.03 bits per heavy atom. The van der Waals surface area contributed by atoms with Crippen molar-refractivity contribution in [2.45, 2.75) is 43.7 Å². The quantitative estimate of drug-likeness (QED) is 0.344. The van der Waals surface area contributed by atoms with Gasteiger partial charge in [0.1, 0.15) is 5.65 Å². The van der Waals surface area contributed by atoms with E-state index < -0.39 is 17.4 Å². The van der Waals surface area contributed by atoms with Crippen LogP contribution in [-0.2, 0) is 14.3 Å². The van der Waals surface area contributed by atoms with Gasteiger partial charge in [-0.3, -0.25) is 14.3 Å². The molecule has 2 unspecified atom stereocenters. The average molecular weight is 453 g/mol. The highest BCUT2D eigenvalue weighted by molar-refractivity contribution is 6.40. The summed E-state index contributed by atoms with van der Waals surface area (Å²) < 4.78 is 6.96. The molecule has 4 aliphatic rings. The minimum atomic E-state index is -0.772. The lowest BCUT2D eigenvalue weighted by Crippen LogP contribution is -2.55. The van der Waals surface area contributed by atoms with E-state index in [9.17, 15) is 14.7 Å². The number of pyridine rings is 1. The van der Waals surface area contributed by atoms with Gasteiger partial charge in [0.2, 0.25) is 0 Å². The third kappa shape index (κ3) is 3.31. The second-order valence-electron chi connectivity index (χ2n) is 9.94. The molecule has 10 heteroatoms. The lowest BCUT2D eigenvalue weighted by atomic mass is 9.52. The minimum absolute atomic E-state index is 0.144. The number of ether oxygens (including phenoxy) is 1. The molecule has 10 nitrogen and oxygen atoms in total. The molecule has 3 heterocycles. The molecule has 0 aromatic carbocycles. The number of amides is 2. The van der Waals surface area contributed by atoms with Gasteiger partial charge >= 0.3 is 11.8 Å². The molecule has 174 valence electrons. The summed E-state index contributed by atoms with van der Waals surface area (Å²) in [6.45, 7) is 0.572. The van der Waals surface area contributed by atoms with E-state index in [4.69, 9.17) is 9.84 Å². The van der Waals surface area contributed by atoms with Gasteiger partial charge in [-0.25, -0.2) is 4.98 Å². The van der Waals surface area contributed by atoms with Gasteiger partial charge in [-0.15, -0.1) is 0 Å². The fourth-order valence-corrected chi connectivity index (χ4v) is 6.80. The summed E-state index contributed by atoms with van der Waals surface area (Å²) in [5.41, 5.74) is 1.11. The zero-order chi connectivity index (χ0) is 22.7. The number of nitrogens with one attached hydrogen (secondary N) is 3. The van der Waals surface area contributed by atoms with Crippen molar-refractivity contribution in [2.24, 2.45) is 17.8 Å². The van der Waals surface area contributed by atoms with Crippen LogP contribution >= 0.6 is 0 Å². The van der Waals surface area contributed by atoms with Crippen molar-refractivity contribution >= 4 is 39.6 Å². The second-order valence-corrected chi connectivity index (χ2v) is 9.94. The molecule has 0 radical (unpaired) electrons. The van der Waals surface area contributed by atoms with Crippen LogP contribution in [0.4, 0.5) is 5.82 Å². The van der Waals surface area contributed by atoms with Crippen molar-refractivity contribution in [3.05, 3.63) is 18.5 Å². The third-order valence-corrected chi connectivity index (χ3v) is 7.75. The number of aromatic nitrogens is 4. The molecule has 0 saturated heterocycles. The second kappa shape index (κ2) is 7.53. The van der Waals surface area contributed by atoms with Crippen LogP contribution in [0.2, 0.25) is 0 Å². The van der Waals surface area contributed by atoms with Gasteiger partial charge in [0.05, 0.1) is 29.2 Å². The van der Waals surface area contributed by atoms with E-state index in [0.29, 0.717) is 35.6 Å². The summed E-state index contributed by atoms with van der Waals surface area (Å²) in [5.74, 6) is 0.0859. The van der Waals surface area contributed by atoms with E-state index in [-0.39, 0.29) is 12.6 Å². The smallest absolute Gasteiger partial charge is 0.314 e. The van der Waals surface area contributed by atoms with Crippen molar-refractivity contribution in [1.82, 2.24) is 25.1 Å². The van der Waals surface area contributed by atoms with Crippen LogP contribution in [0.25, 0.3) is 21.9 Å². The summed E-state index contributed by atoms with van der Waals surface area (Å²) in [7, 11) is 1.53. The predicted octanol–water partition coefficient (Wildman–Crippen LogP) is 1.73. The third-order valence-electron chi connectivity index (χ3n) is 7.75. The lowest BCUT2D eigenvalue weighted by molar-refractivity contribution is -0.148. The number of fused-ring (bicyclic) bond motifs is 3. The first-order valence-electron chi connectivity index (χ1n) is 11.6. The summed E-state index contributed by atoms with van der Waals surface area (Å²) >= 11 is 0. The molecule has 4 bridgehead atoms. The Hall–Kier alpha value is -2.98. The van der Waals surface area contributed by atoms with E-state index in [1.54, 1.807) is 6.20 Å². The first kappa shape index (κ1) is 20.6. The van der Waals surface area contributed by atoms with Gasteiger partial charge in [-0.2, -0.15) is 5.10 Å². The standard InChI is InChI=1S/C23H28N6O4/c1-33-5-4-25-21(30)22(31)27-20-16-11-26-19-15(2-3-24-19)18(16)29(28-20)17-13-6-12-7-14(17)10-23(32,8-12)9-13/h2-3,11-14,17,32H,4-10H2,1H3,(H,24,26)(H,25,30)(H,27,28,31)/t12?,13?,14?,17-,23+. The number of hydrogen-bond donors (Lipinski definition) is 4. The highest BCUT2D eigenvalue weighted by Crippen LogP contribution is 2.60. The van der Waals surface area contributed by atoms with Gasteiger partial charge in [0.15, 0.2) is 5.82 Å². The SMILES string of the molecule is COCCNC(=O)C(=O)Nc1nn([C@H]2C3CC4CC2C[C@@](O)(C4)C3)c2c1cnc1[nH]ccc12. The number of carbonyl (C=O) groups is 2. The van der Waals surface area contributed by atoms with Crippen molar-refractivity contribution in [1.29, 1.82) is 0 Å². The Morgan fingerprint density at radius 3 is 2.76 bits per heavy atom. The van der Waals surface area contributed by atoms with Crippen molar-refractivity contribution in [3.63, 3.8) is 0 Å². The summed E-state index contributed by atoms with van der Waals surface area (Å²) in [5, 5.41) is 22.7. The fraction of sp³-hybridized carbons (Fsp3) is 0.565. The van der Waals surface area contributed by atoms with E-state index in [1.165, 1.54) is 7.11 Å². The van der Waals surface area contributed by atoms with Crippen LogP contribution < -0.4 is 10.6 Å². The highest BCUT2D eigenvalue weighted by Gasteiger charge is 2.55. The molecule has 2 atom stereocenters. The molecule has 4 aliphatic carbocycles. The normalized spacial score (nSPS) is 30.2. The molecule has 3 aromatic heterocycles. The molecule has 4 N–H and O–H groups in total. The number of anilines is 1. The highest BCUT2D eigenvalue weighted by atomic mass is 16.5. The number of aliphatic hydroxyl groups is 1. The summed E-state index contributed by atoms with van der Waals surface area (Å²) in [6, 6.07) is 2.11. The van der Waals surface area contributed by atoms with Gasteiger partial charge in [0, 0.05) is 31.4 Å². The number of nitrogens with zero attached hydrogens (tertiary/aromatic N) is 3. The predicted molar refractivity (Wildman–Crippen MR) is 120 cm³/mol. The van der Waals surface area contributed by atoms with Crippen LogP contribution in [0.5, 0.6) is 0 Å². The van der Waals surface area contributed by atoms with Crippen molar-refractivity contribution in [2.75, 3.05) is 25.6 Å².